The lowest BCUT2D eigenvalue weighted by molar-refractivity contribution is 0.619. The fourth-order valence-corrected chi connectivity index (χ4v) is 3.28. The zero-order chi connectivity index (χ0) is 13.3. The molecule has 1 unspecified atom stereocenters. The van der Waals surface area contributed by atoms with E-state index in [0.717, 1.165) is 11.1 Å². The molecule has 0 radical (unpaired) electrons. The van der Waals surface area contributed by atoms with E-state index >= 15 is 0 Å². The largest absolute Gasteiger partial charge is 0.206 e. The van der Waals surface area contributed by atoms with Gasteiger partial charge in [0.25, 0.3) is 0 Å². The van der Waals surface area contributed by atoms with Gasteiger partial charge >= 0.3 is 0 Å². The van der Waals surface area contributed by atoms with Gasteiger partial charge in [0.1, 0.15) is 5.82 Å². The molecule has 0 fully saturated rings. The Kier molecular flexibility index (Phi) is 4.23. The van der Waals surface area contributed by atoms with E-state index in [4.69, 9.17) is 0 Å². The van der Waals surface area contributed by atoms with Crippen LogP contribution in [-0.2, 0) is 0 Å². The van der Waals surface area contributed by atoms with Crippen LogP contribution in [0, 0.1) is 19.7 Å². The van der Waals surface area contributed by atoms with Crippen LogP contribution in [0.2, 0.25) is 0 Å². The minimum absolute atomic E-state index is 0.0122. The summed E-state index contributed by atoms with van der Waals surface area (Å²) in [6.07, 6.45) is 0. The van der Waals surface area contributed by atoms with Crippen molar-refractivity contribution in [1.29, 1.82) is 0 Å². The van der Waals surface area contributed by atoms with E-state index in [-0.39, 0.29) is 10.6 Å². The van der Waals surface area contributed by atoms with Crippen molar-refractivity contribution in [2.45, 2.75) is 18.7 Å². The highest BCUT2D eigenvalue weighted by atomic mass is 79.9. The van der Waals surface area contributed by atoms with Gasteiger partial charge in [0.05, 0.1) is 9.30 Å². The molecule has 0 N–H and O–H groups in total. The first kappa shape index (κ1) is 13.8. The molecule has 0 saturated heterocycles. The first-order chi connectivity index (χ1) is 8.50. The van der Waals surface area contributed by atoms with Crippen molar-refractivity contribution in [3.05, 3.63) is 68.9 Å². The number of benzene rings is 2. The smallest absolute Gasteiger partial charge is 0.137 e. The van der Waals surface area contributed by atoms with Crippen LogP contribution in [0.25, 0.3) is 0 Å². The summed E-state index contributed by atoms with van der Waals surface area (Å²) in [6, 6.07) is 11.4. The van der Waals surface area contributed by atoms with Gasteiger partial charge in [0, 0.05) is 0 Å². The Bertz CT molecular complexity index is 579. The van der Waals surface area contributed by atoms with Crippen molar-refractivity contribution >= 4 is 31.9 Å². The summed E-state index contributed by atoms with van der Waals surface area (Å²) in [5, 5.41) is 0. The topological polar surface area (TPSA) is 0 Å². The van der Waals surface area contributed by atoms with Crippen LogP contribution in [0.5, 0.6) is 0 Å². The maximum Gasteiger partial charge on any atom is 0.137 e. The predicted octanol–water partition coefficient (Wildman–Crippen LogP) is 5.69. The summed E-state index contributed by atoms with van der Waals surface area (Å²) in [4.78, 5) is -0.0122. The molecule has 0 amide bonds. The fourth-order valence-electron chi connectivity index (χ4n) is 1.82. The Morgan fingerprint density at radius 3 is 2.44 bits per heavy atom. The number of hydrogen-bond acceptors (Lipinski definition) is 0. The molecule has 0 aromatic heterocycles. The van der Waals surface area contributed by atoms with Crippen molar-refractivity contribution in [3.8, 4) is 0 Å². The summed E-state index contributed by atoms with van der Waals surface area (Å²) in [5.74, 6) is -0.235. The molecule has 2 rings (SSSR count). The molecule has 0 aliphatic carbocycles. The van der Waals surface area contributed by atoms with Gasteiger partial charge in [0.15, 0.2) is 0 Å². The highest BCUT2D eigenvalue weighted by molar-refractivity contribution is 9.11. The van der Waals surface area contributed by atoms with Gasteiger partial charge in [-0.15, -0.1) is 0 Å². The third-order valence-electron chi connectivity index (χ3n) is 3.08. The molecule has 0 heterocycles. The van der Waals surface area contributed by atoms with Gasteiger partial charge in [-0.3, -0.25) is 0 Å². The summed E-state index contributed by atoms with van der Waals surface area (Å²) < 4.78 is 14.0. The molecule has 0 nitrogen and oxygen atoms in total. The zero-order valence-corrected chi connectivity index (χ0v) is 13.3. The molecule has 0 aliphatic heterocycles. The highest BCUT2D eigenvalue weighted by Crippen LogP contribution is 2.36. The van der Waals surface area contributed by atoms with Crippen LogP contribution < -0.4 is 0 Å². The summed E-state index contributed by atoms with van der Waals surface area (Å²) in [6.45, 7) is 4.17. The van der Waals surface area contributed by atoms with Crippen molar-refractivity contribution in [1.82, 2.24) is 0 Å². The van der Waals surface area contributed by atoms with Gasteiger partial charge in [-0.1, -0.05) is 46.3 Å². The van der Waals surface area contributed by atoms with Gasteiger partial charge in [-0.2, -0.15) is 0 Å². The number of alkyl halides is 1. The average Bonchev–Trinajstić information content (AvgIpc) is 2.35. The number of rotatable bonds is 2. The molecule has 0 aliphatic rings. The highest BCUT2D eigenvalue weighted by Gasteiger charge is 2.16. The lowest BCUT2D eigenvalue weighted by Gasteiger charge is -2.14. The minimum atomic E-state index is -0.235. The van der Waals surface area contributed by atoms with Crippen LogP contribution in [0.4, 0.5) is 4.39 Å². The Morgan fingerprint density at radius 1 is 1.06 bits per heavy atom. The maximum atomic E-state index is 13.5. The summed E-state index contributed by atoms with van der Waals surface area (Å²) >= 11 is 6.95. The Hall–Kier alpha value is -0.670. The molecule has 1 atom stereocenters. The van der Waals surface area contributed by atoms with Crippen molar-refractivity contribution in [3.63, 3.8) is 0 Å². The SMILES string of the molecule is Cc1ccc(C(Br)c2cccc(F)c2Br)cc1C. The Labute approximate surface area is 123 Å². The van der Waals surface area contributed by atoms with E-state index in [0.29, 0.717) is 4.47 Å². The Balaban J connectivity index is 2.44. The van der Waals surface area contributed by atoms with Crippen molar-refractivity contribution in [2.24, 2.45) is 0 Å². The number of halogens is 3. The number of aryl methyl sites for hydroxylation is 2. The van der Waals surface area contributed by atoms with E-state index in [1.807, 2.05) is 6.07 Å². The van der Waals surface area contributed by atoms with E-state index in [9.17, 15) is 4.39 Å². The lowest BCUT2D eigenvalue weighted by Crippen LogP contribution is -1.97. The first-order valence-electron chi connectivity index (χ1n) is 5.66. The predicted molar refractivity (Wildman–Crippen MR) is 80.8 cm³/mol. The zero-order valence-electron chi connectivity index (χ0n) is 10.2. The Morgan fingerprint density at radius 2 is 1.78 bits per heavy atom. The maximum absolute atomic E-state index is 13.5. The summed E-state index contributed by atoms with van der Waals surface area (Å²) in [5.41, 5.74) is 4.53. The van der Waals surface area contributed by atoms with E-state index in [1.54, 1.807) is 6.07 Å². The second-order valence-corrected chi connectivity index (χ2v) is 6.06. The first-order valence-corrected chi connectivity index (χ1v) is 7.36. The molecule has 0 spiro atoms. The molecular weight excluding hydrogens is 359 g/mol. The molecule has 0 saturated carbocycles. The van der Waals surface area contributed by atoms with Gasteiger partial charge in [-0.05, 0) is 58.1 Å². The molecule has 2 aromatic carbocycles. The monoisotopic (exact) mass is 370 g/mol. The van der Waals surface area contributed by atoms with Crippen molar-refractivity contribution < 1.29 is 4.39 Å². The van der Waals surface area contributed by atoms with Gasteiger partial charge in [0.2, 0.25) is 0 Å². The normalized spacial score (nSPS) is 12.5. The van der Waals surface area contributed by atoms with E-state index < -0.39 is 0 Å². The quantitative estimate of drug-likeness (QED) is 0.595. The van der Waals surface area contributed by atoms with E-state index in [2.05, 4.69) is 63.9 Å². The van der Waals surface area contributed by atoms with Crippen LogP contribution in [0.3, 0.4) is 0 Å². The minimum Gasteiger partial charge on any atom is -0.206 e. The summed E-state index contributed by atoms with van der Waals surface area (Å²) in [7, 11) is 0. The lowest BCUT2D eigenvalue weighted by atomic mass is 10.0. The molecule has 94 valence electrons. The molecule has 3 heteroatoms. The second kappa shape index (κ2) is 5.54. The molecule has 2 aromatic rings. The third-order valence-corrected chi connectivity index (χ3v) is 4.94. The van der Waals surface area contributed by atoms with Crippen LogP contribution in [0.1, 0.15) is 27.1 Å². The third kappa shape index (κ3) is 2.67. The van der Waals surface area contributed by atoms with Crippen LogP contribution in [0.15, 0.2) is 40.9 Å². The van der Waals surface area contributed by atoms with Gasteiger partial charge < -0.3 is 0 Å². The van der Waals surface area contributed by atoms with E-state index in [1.165, 1.54) is 17.2 Å². The van der Waals surface area contributed by atoms with Gasteiger partial charge in [-0.25, -0.2) is 4.39 Å². The fraction of sp³-hybridized carbons (Fsp3) is 0.200. The van der Waals surface area contributed by atoms with Crippen LogP contribution in [-0.4, -0.2) is 0 Å². The molecule has 0 bridgehead atoms. The number of hydrogen-bond donors (Lipinski definition) is 0. The van der Waals surface area contributed by atoms with Crippen molar-refractivity contribution in [2.75, 3.05) is 0 Å². The standard InChI is InChI=1S/C15H13Br2F/c1-9-6-7-11(8-10(9)2)14(16)12-4-3-5-13(18)15(12)17/h3-8,14H,1-2H3. The molecular formula is C15H13Br2F. The molecule has 18 heavy (non-hydrogen) atoms. The second-order valence-electron chi connectivity index (χ2n) is 4.35. The van der Waals surface area contributed by atoms with Crippen LogP contribution >= 0.6 is 31.9 Å². The average molecular weight is 372 g/mol.